The average molecular weight is 306 g/mol. The Morgan fingerprint density at radius 1 is 1.10 bits per heavy atom. The minimum absolute atomic E-state index is 0. The normalized spacial score (nSPS) is 11.1. The van der Waals surface area contributed by atoms with Crippen LogP contribution in [0, 0.1) is 13.8 Å². The molecule has 1 aromatic heterocycles. The minimum Gasteiger partial charge on any atom is -1.00 e. The molecule has 21 heavy (non-hydrogen) atoms. The molecule has 0 saturated carbocycles. The van der Waals surface area contributed by atoms with E-state index >= 15 is 0 Å². The van der Waals surface area contributed by atoms with Gasteiger partial charge in [-0.2, -0.15) is 4.57 Å². The van der Waals surface area contributed by atoms with Crippen molar-refractivity contribution in [1.82, 2.24) is 0 Å². The van der Waals surface area contributed by atoms with Crippen molar-refractivity contribution < 1.29 is 22.1 Å². The zero-order chi connectivity index (χ0) is 14.9. The SMILES string of the molecule is Cc1cc(C(C)(C)C)cc(C)c1C[n+]1cccc(O)c1.[Cl-]. The fraction of sp³-hybridized carbons (Fsp3) is 0.389. The summed E-state index contributed by atoms with van der Waals surface area (Å²) in [6, 6.07) is 8.12. The van der Waals surface area contributed by atoms with E-state index in [0.29, 0.717) is 5.75 Å². The maximum atomic E-state index is 9.56. The van der Waals surface area contributed by atoms with Crippen LogP contribution in [-0.2, 0) is 12.0 Å². The van der Waals surface area contributed by atoms with Crippen LogP contribution in [-0.4, -0.2) is 5.11 Å². The molecule has 0 atom stereocenters. The number of aryl methyl sites for hydroxylation is 2. The van der Waals surface area contributed by atoms with E-state index in [0.717, 1.165) is 6.54 Å². The molecule has 114 valence electrons. The lowest BCUT2D eigenvalue weighted by molar-refractivity contribution is -0.688. The lowest BCUT2D eigenvalue weighted by Gasteiger charge is -2.21. The number of hydrogen-bond donors (Lipinski definition) is 1. The van der Waals surface area contributed by atoms with E-state index in [4.69, 9.17) is 0 Å². The van der Waals surface area contributed by atoms with Crippen molar-refractivity contribution in [3.63, 3.8) is 0 Å². The first-order valence-electron chi connectivity index (χ1n) is 7.06. The third-order valence-electron chi connectivity index (χ3n) is 3.75. The largest absolute Gasteiger partial charge is 1.00 e. The van der Waals surface area contributed by atoms with Crippen molar-refractivity contribution >= 4 is 0 Å². The van der Waals surface area contributed by atoms with Gasteiger partial charge in [0, 0.05) is 11.6 Å². The minimum atomic E-state index is 0. The zero-order valence-corrected chi connectivity index (χ0v) is 14.2. The Bertz CT molecular complexity index is 606. The first kappa shape index (κ1) is 17.5. The first-order valence-corrected chi connectivity index (χ1v) is 7.06. The molecule has 1 N–H and O–H groups in total. The van der Waals surface area contributed by atoms with Gasteiger partial charge in [0.1, 0.15) is 0 Å². The van der Waals surface area contributed by atoms with Gasteiger partial charge in [-0.25, -0.2) is 0 Å². The third-order valence-corrected chi connectivity index (χ3v) is 3.75. The van der Waals surface area contributed by atoms with Gasteiger partial charge in [0.25, 0.3) is 0 Å². The predicted octanol–water partition coefficient (Wildman–Crippen LogP) is 0.646. The Hall–Kier alpha value is -1.54. The van der Waals surface area contributed by atoms with Gasteiger partial charge < -0.3 is 17.5 Å². The van der Waals surface area contributed by atoms with Crippen LogP contribution in [0.4, 0.5) is 0 Å². The second-order valence-electron chi connectivity index (χ2n) is 6.57. The molecule has 0 bridgehead atoms. The Kier molecular flexibility index (Phi) is 5.41. The topological polar surface area (TPSA) is 24.1 Å². The van der Waals surface area contributed by atoms with Gasteiger partial charge >= 0.3 is 0 Å². The number of aromatic nitrogens is 1. The van der Waals surface area contributed by atoms with Gasteiger partial charge in [0.05, 0.1) is 0 Å². The molecule has 0 fully saturated rings. The number of pyridine rings is 1. The Labute approximate surface area is 133 Å². The maximum Gasteiger partial charge on any atom is 0.211 e. The molecule has 2 aromatic rings. The van der Waals surface area contributed by atoms with E-state index in [1.54, 1.807) is 12.3 Å². The molecular weight excluding hydrogens is 282 g/mol. The van der Waals surface area contributed by atoms with E-state index in [2.05, 4.69) is 46.8 Å². The smallest absolute Gasteiger partial charge is 0.211 e. The van der Waals surface area contributed by atoms with Crippen molar-refractivity contribution in [2.45, 2.75) is 46.6 Å². The van der Waals surface area contributed by atoms with Gasteiger partial charge in [-0.1, -0.05) is 32.9 Å². The lowest BCUT2D eigenvalue weighted by Crippen LogP contribution is -3.00. The summed E-state index contributed by atoms with van der Waals surface area (Å²) in [6.45, 7) is 11.8. The maximum absolute atomic E-state index is 9.56. The van der Waals surface area contributed by atoms with Crippen LogP contribution >= 0.6 is 0 Å². The molecule has 1 aromatic carbocycles. The summed E-state index contributed by atoms with van der Waals surface area (Å²) >= 11 is 0. The summed E-state index contributed by atoms with van der Waals surface area (Å²) < 4.78 is 2.02. The molecule has 0 saturated heterocycles. The number of benzene rings is 1. The molecule has 0 unspecified atom stereocenters. The molecule has 2 nitrogen and oxygen atoms in total. The Morgan fingerprint density at radius 3 is 2.14 bits per heavy atom. The van der Waals surface area contributed by atoms with Crippen LogP contribution in [0.3, 0.4) is 0 Å². The fourth-order valence-corrected chi connectivity index (χ4v) is 2.46. The predicted molar refractivity (Wildman–Crippen MR) is 82.0 cm³/mol. The summed E-state index contributed by atoms with van der Waals surface area (Å²) in [7, 11) is 0. The van der Waals surface area contributed by atoms with E-state index in [9.17, 15) is 5.11 Å². The molecule has 1 heterocycles. The highest BCUT2D eigenvalue weighted by Gasteiger charge is 2.17. The second-order valence-corrected chi connectivity index (χ2v) is 6.57. The fourth-order valence-electron chi connectivity index (χ4n) is 2.46. The monoisotopic (exact) mass is 305 g/mol. The number of rotatable bonds is 2. The highest BCUT2D eigenvalue weighted by Crippen LogP contribution is 2.26. The second kappa shape index (κ2) is 6.48. The lowest BCUT2D eigenvalue weighted by atomic mass is 9.84. The number of nitrogens with zero attached hydrogens (tertiary/aromatic N) is 1. The van der Waals surface area contributed by atoms with E-state index in [1.807, 2.05) is 16.8 Å². The molecule has 0 aliphatic rings. The average Bonchev–Trinajstić information content (AvgIpc) is 2.32. The van der Waals surface area contributed by atoms with Crippen molar-refractivity contribution in [2.75, 3.05) is 0 Å². The molecule has 0 aliphatic heterocycles. The Morgan fingerprint density at radius 2 is 1.67 bits per heavy atom. The molecule has 0 spiro atoms. The van der Waals surface area contributed by atoms with Gasteiger partial charge in [-0.3, -0.25) is 0 Å². The molecule has 0 aliphatic carbocycles. The molecule has 0 radical (unpaired) electrons. The molecular formula is C18H24ClNO. The van der Waals surface area contributed by atoms with Gasteiger partial charge in [0.15, 0.2) is 18.5 Å². The standard InChI is InChI=1S/C18H23NO.ClH/c1-13-9-15(18(3,4)5)10-14(2)17(13)12-19-8-6-7-16(20)11-19;/h6-11H,12H2,1-5H3;1H. The van der Waals surface area contributed by atoms with Crippen molar-refractivity contribution in [1.29, 1.82) is 0 Å². The molecule has 0 amide bonds. The van der Waals surface area contributed by atoms with Crippen molar-refractivity contribution in [3.05, 3.63) is 58.9 Å². The number of halogens is 1. The van der Waals surface area contributed by atoms with Crippen LogP contribution in [0.5, 0.6) is 5.75 Å². The number of hydrogen-bond acceptors (Lipinski definition) is 1. The van der Waals surface area contributed by atoms with Crippen molar-refractivity contribution in [2.24, 2.45) is 0 Å². The Balaban J connectivity index is 0.00000220. The highest BCUT2D eigenvalue weighted by atomic mass is 35.5. The van der Waals surface area contributed by atoms with Gasteiger partial charge in [-0.05, 0) is 42.0 Å². The third kappa shape index (κ3) is 4.21. The quantitative estimate of drug-likeness (QED) is 0.809. The summed E-state index contributed by atoms with van der Waals surface area (Å²) in [6.07, 6.45) is 3.74. The summed E-state index contributed by atoms with van der Waals surface area (Å²) in [5.41, 5.74) is 5.49. The number of aromatic hydroxyl groups is 1. The van der Waals surface area contributed by atoms with Crippen molar-refractivity contribution in [3.8, 4) is 5.75 Å². The van der Waals surface area contributed by atoms with Crippen LogP contribution in [0.25, 0.3) is 0 Å². The van der Waals surface area contributed by atoms with Crippen LogP contribution in [0.1, 0.15) is 43.0 Å². The van der Waals surface area contributed by atoms with E-state index in [1.165, 1.54) is 22.3 Å². The van der Waals surface area contributed by atoms with E-state index < -0.39 is 0 Å². The van der Waals surface area contributed by atoms with E-state index in [-0.39, 0.29) is 17.8 Å². The van der Waals surface area contributed by atoms with Gasteiger partial charge in [-0.15, -0.1) is 0 Å². The van der Waals surface area contributed by atoms with Gasteiger partial charge in [0.2, 0.25) is 6.20 Å². The van der Waals surface area contributed by atoms with Crippen LogP contribution < -0.4 is 17.0 Å². The molecule has 2 rings (SSSR count). The van der Waals surface area contributed by atoms with Crippen LogP contribution in [0.2, 0.25) is 0 Å². The first-order chi connectivity index (χ1) is 9.27. The summed E-state index contributed by atoms with van der Waals surface area (Å²) in [4.78, 5) is 0. The summed E-state index contributed by atoms with van der Waals surface area (Å²) in [5.74, 6) is 0.300. The van der Waals surface area contributed by atoms with Crippen LogP contribution in [0.15, 0.2) is 36.7 Å². The zero-order valence-electron chi connectivity index (χ0n) is 13.4. The molecule has 3 heteroatoms. The highest BCUT2D eigenvalue weighted by molar-refractivity contribution is 5.40. The summed E-state index contributed by atoms with van der Waals surface area (Å²) in [5, 5.41) is 9.56.